The Hall–Kier alpha value is -0.800. The quantitative estimate of drug-likeness (QED) is 0.449. The van der Waals surface area contributed by atoms with E-state index in [0.29, 0.717) is 12.8 Å². The van der Waals surface area contributed by atoms with Crippen LogP contribution in [0.15, 0.2) is 0 Å². The number of rotatable bonds is 4. The molecule has 0 aromatic heterocycles. The Kier molecular flexibility index (Phi) is 3.12. The largest absolute Gasteiger partial charge is 0.308 e. The molecule has 10 heavy (non-hydrogen) atoms. The lowest BCUT2D eigenvalue weighted by Crippen LogP contribution is -2.29. The molecule has 0 aliphatic carbocycles. The van der Waals surface area contributed by atoms with E-state index in [2.05, 4.69) is 4.84 Å². The van der Waals surface area contributed by atoms with Crippen molar-refractivity contribution in [3.05, 3.63) is 10.1 Å². The van der Waals surface area contributed by atoms with E-state index in [1.54, 1.807) is 6.92 Å². The van der Waals surface area contributed by atoms with E-state index >= 15 is 0 Å². The van der Waals surface area contributed by atoms with E-state index < -0.39 is 10.7 Å². The predicted molar refractivity (Wildman–Crippen MR) is 37.1 cm³/mol. The Morgan fingerprint density at radius 2 is 1.90 bits per heavy atom. The lowest BCUT2D eigenvalue weighted by molar-refractivity contribution is -0.780. The van der Waals surface area contributed by atoms with Gasteiger partial charge in [-0.15, -0.1) is 10.1 Å². The molecule has 0 fully saturated rings. The van der Waals surface area contributed by atoms with Gasteiger partial charge in [0.15, 0.2) is 0 Å². The highest BCUT2D eigenvalue weighted by Crippen LogP contribution is 2.18. The molecule has 0 aliphatic heterocycles. The zero-order chi connectivity index (χ0) is 8.20. The molecule has 0 saturated heterocycles. The molecule has 0 rings (SSSR count). The Morgan fingerprint density at radius 1 is 1.50 bits per heavy atom. The zero-order valence-corrected chi connectivity index (χ0v) is 6.59. The second kappa shape index (κ2) is 3.39. The van der Waals surface area contributed by atoms with E-state index in [1.807, 2.05) is 13.8 Å². The van der Waals surface area contributed by atoms with E-state index in [9.17, 15) is 10.1 Å². The van der Waals surface area contributed by atoms with Crippen molar-refractivity contribution >= 4 is 0 Å². The van der Waals surface area contributed by atoms with E-state index in [1.165, 1.54) is 0 Å². The molecular formula is C6H13NO3. The maximum atomic E-state index is 9.92. The maximum Gasteiger partial charge on any atom is 0.295 e. The van der Waals surface area contributed by atoms with E-state index in [0.717, 1.165) is 0 Å². The van der Waals surface area contributed by atoms with Crippen molar-refractivity contribution in [1.29, 1.82) is 0 Å². The molecule has 60 valence electrons. The lowest BCUT2D eigenvalue weighted by Gasteiger charge is -2.22. The third-order valence-corrected chi connectivity index (χ3v) is 1.79. The van der Waals surface area contributed by atoms with Gasteiger partial charge in [0, 0.05) is 0 Å². The summed E-state index contributed by atoms with van der Waals surface area (Å²) in [7, 11) is 0. The highest BCUT2D eigenvalue weighted by molar-refractivity contribution is 4.67. The Balaban J connectivity index is 3.92. The second-order valence-electron chi connectivity index (χ2n) is 2.47. The predicted octanol–water partition coefficient (Wildman–Crippen LogP) is 1.77. The average Bonchev–Trinajstić information content (AvgIpc) is 1.87. The summed E-state index contributed by atoms with van der Waals surface area (Å²) < 4.78 is 0. The van der Waals surface area contributed by atoms with Gasteiger partial charge in [0.25, 0.3) is 5.09 Å². The Labute approximate surface area is 60.3 Å². The summed E-state index contributed by atoms with van der Waals surface area (Å²) >= 11 is 0. The minimum atomic E-state index is -0.729. The zero-order valence-electron chi connectivity index (χ0n) is 6.59. The van der Waals surface area contributed by atoms with Crippen molar-refractivity contribution in [2.75, 3.05) is 0 Å². The van der Waals surface area contributed by atoms with Crippen LogP contribution in [0.3, 0.4) is 0 Å². The molecule has 4 heteroatoms. The summed E-state index contributed by atoms with van der Waals surface area (Å²) in [4.78, 5) is 14.4. The first-order chi connectivity index (χ1) is 4.54. The third-order valence-electron chi connectivity index (χ3n) is 1.79. The summed E-state index contributed by atoms with van der Waals surface area (Å²) in [6, 6.07) is 0. The third kappa shape index (κ3) is 2.66. The highest BCUT2D eigenvalue weighted by atomic mass is 17.0. The minimum Gasteiger partial charge on any atom is -0.308 e. The van der Waals surface area contributed by atoms with E-state index in [-0.39, 0.29) is 0 Å². The van der Waals surface area contributed by atoms with Crippen molar-refractivity contribution in [3.63, 3.8) is 0 Å². The van der Waals surface area contributed by atoms with Gasteiger partial charge in [0.1, 0.15) is 5.60 Å². The fourth-order valence-electron chi connectivity index (χ4n) is 0.559. The SMILES string of the molecule is CCC(C)(CC)O[N+](=O)[O-]. The summed E-state index contributed by atoms with van der Waals surface area (Å²) in [6.07, 6.45) is 1.31. The number of hydrogen-bond donors (Lipinski definition) is 0. The lowest BCUT2D eigenvalue weighted by atomic mass is 10.0. The smallest absolute Gasteiger partial charge is 0.295 e. The number of hydrogen-bond acceptors (Lipinski definition) is 3. The standard InChI is InChI=1S/C6H13NO3/c1-4-6(3,5-2)10-7(8)9/h4-5H2,1-3H3. The van der Waals surface area contributed by atoms with Crippen LogP contribution >= 0.6 is 0 Å². The Morgan fingerprint density at radius 3 is 2.00 bits per heavy atom. The van der Waals surface area contributed by atoms with Gasteiger partial charge in [0.2, 0.25) is 0 Å². The molecule has 4 nitrogen and oxygen atoms in total. The van der Waals surface area contributed by atoms with Gasteiger partial charge in [-0.25, -0.2) is 0 Å². The molecule has 0 aliphatic rings. The fraction of sp³-hybridized carbons (Fsp3) is 1.00. The second-order valence-corrected chi connectivity index (χ2v) is 2.47. The van der Waals surface area contributed by atoms with Crippen LogP contribution in [0.5, 0.6) is 0 Å². The van der Waals surface area contributed by atoms with Crippen LogP contribution in [0.4, 0.5) is 0 Å². The molecule has 0 unspecified atom stereocenters. The van der Waals surface area contributed by atoms with Crippen molar-refractivity contribution in [2.24, 2.45) is 0 Å². The van der Waals surface area contributed by atoms with Crippen LogP contribution in [-0.4, -0.2) is 10.7 Å². The average molecular weight is 147 g/mol. The Bertz CT molecular complexity index is 120. The van der Waals surface area contributed by atoms with Crippen molar-refractivity contribution in [3.8, 4) is 0 Å². The van der Waals surface area contributed by atoms with Crippen LogP contribution in [0.2, 0.25) is 0 Å². The molecule has 0 N–H and O–H groups in total. The monoisotopic (exact) mass is 147 g/mol. The molecular weight excluding hydrogens is 134 g/mol. The summed E-state index contributed by atoms with van der Waals surface area (Å²) in [5.74, 6) is 0. The molecule has 0 heterocycles. The molecule has 0 bridgehead atoms. The van der Waals surface area contributed by atoms with Gasteiger partial charge in [-0.1, -0.05) is 13.8 Å². The van der Waals surface area contributed by atoms with Crippen LogP contribution in [0.1, 0.15) is 33.6 Å². The number of nitrogens with zero attached hydrogens (tertiary/aromatic N) is 1. The summed E-state index contributed by atoms with van der Waals surface area (Å²) in [6.45, 7) is 5.47. The first-order valence-electron chi connectivity index (χ1n) is 3.37. The van der Waals surface area contributed by atoms with Crippen LogP contribution < -0.4 is 0 Å². The fourth-order valence-corrected chi connectivity index (χ4v) is 0.559. The van der Waals surface area contributed by atoms with Crippen molar-refractivity contribution in [2.45, 2.75) is 39.2 Å². The molecule has 0 saturated carbocycles. The van der Waals surface area contributed by atoms with Gasteiger partial charge in [-0.05, 0) is 19.8 Å². The maximum absolute atomic E-state index is 9.92. The first kappa shape index (κ1) is 9.20. The molecule has 0 aromatic carbocycles. The molecule has 0 radical (unpaired) electrons. The van der Waals surface area contributed by atoms with E-state index in [4.69, 9.17) is 0 Å². The normalized spacial score (nSPS) is 11.1. The summed E-state index contributed by atoms with van der Waals surface area (Å²) in [5.41, 5.74) is -0.594. The van der Waals surface area contributed by atoms with Crippen LogP contribution in [-0.2, 0) is 4.84 Å². The highest BCUT2D eigenvalue weighted by Gasteiger charge is 2.23. The molecule has 0 atom stereocenters. The van der Waals surface area contributed by atoms with Gasteiger partial charge in [0.05, 0.1) is 0 Å². The molecule has 0 aromatic rings. The van der Waals surface area contributed by atoms with Gasteiger partial charge in [-0.2, -0.15) is 0 Å². The molecule has 0 spiro atoms. The van der Waals surface area contributed by atoms with Crippen molar-refractivity contribution < 1.29 is 9.92 Å². The molecule has 0 amide bonds. The topological polar surface area (TPSA) is 52.4 Å². The van der Waals surface area contributed by atoms with Crippen LogP contribution in [0, 0.1) is 10.1 Å². The van der Waals surface area contributed by atoms with Crippen LogP contribution in [0.25, 0.3) is 0 Å². The van der Waals surface area contributed by atoms with Gasteiger partial charge < -0.3 is 4.84 Å². The first-order valence-corrected chi connectivity index (χ1v) is 3.37. The van der Waals surface area contributed by atoms with Gasteiger partial charge in [-0.3, -0.25) is 0 Å². The summed E-state index contributed by atoms with van der Waals surface area (Å²) in [5, 5.41) is 9.19. The van der Waals surface area contributed by atoms with Crippen molar-refractivity contribution in [1.82, 2.24) is 0 Å². The van der Waals surface area contributed by atoms with Gasteiger partial charge >= 0.3 is 0 Å². The minimum absolute atomic E-state index is 0.594.